The highest BCUT2D eigenvalue weighted by Crippen LogP contribution is 2.26. The zero-order valence-corrected chi connectivity index (χ0v) is 17.6. The number of rotatable bonds is 7. The molecule has 1 saturated heterocycles. The van der Waals surface area contributed by atoms with Crippen molar-refractivity contribution < 1.29 is 13.2 Å². The van der Waals surface area contributed by atoms with Crippen molar-refractivity contribution in [3.8, 4) is 0 Å². The second-order valence-electron chi connectivity index (χ2n) is 7.63. The molecule has 0 radical (unpaired) electrons. The molecule has 0 aliphatic carbocycles. The highest BCUT2D eigenvalue weighted by Gasteiger charge is 2.33. The standard InChI is InChI=1S/C19H29N5O3S/c1-4-5-10-20-19(25)15-7-6-11-23(13-15)28(26,27)16-8-9-18-17(12-16)21-22-24(18)14(2)3/h8-9,12,14-15H,4-7,10-11,13H2,1-3H3,(H,20,25). The van der Waals surface area contributed by atoms with Crippen molar-refractivity contribution in [2.75, 3.05) is 19.6 Å². The third-order valence-corrected chi connectivity index (χ3v) is 7.02. The summed E-state index contributed by atoms with van der Waals surface area (Å²) in [7, 11) is -3.68. The van der Waals surface area contributed by atoms with E-state index in [2.05, 4.69) is 22.6 Å². The van der Waals surface area contributed by atoms with E-state index >= 15 is 0 Å². The molecule has 8 nitrogen and oxygen atoms in total. The van der Waals surface area contributed by atoms with Crippen LogP contribution in [0.2, 0.25) is 0 Å². The van der Waals surface area contributed by atoms with E-state index in [0.717, 1.165) is 18.4 Å². The van der Waals surface area contributed by atoms with Crippen LogP contribution in [0.3, 0.4) is 0 Å². The monoisotopic (exact) mass is 407 g/mol. The van der Waals surface area contributed by atoms with E-state index in [0.29, 0.717) is 31.4 Å². The summed E-state index contributed by atoms with van der Waals surface area (Å²) < 4.78 is 29.5. The van der Waals surface area contributed by atoms with Gasteiger partial charge in [-0.05, 0) is 51.3 Å². The lowest BCUT2D eigenvalue weighted by Gasteiger charge is -2.31. The Morgan fingerprint density at radius 2 is 2.14 bits per heavy atom. The molecule has 1 aliphatic rings. The van der Waals surface area contributed by atoms with Gasteiger partial charge in [0, 0.05) is 25.7 Å². The quantitative estimate of drug-likeness (QED) is 0.711. The Labute approximate surface area is 166 Å². The van der Waals surface area contributed by atoms with Gasteiger partial charge in [0.1, 0.15) is 5.52 Å². The molecule has 1 aromatic heterocycles. The molecule has 2 aromatic rings. The molecule has 1 unspecified atom stereocenters. The Morgan fingerprint density at radius 1 is 1.36 bits per heavy atom. The lowest BCUT2D eigenvalue weighted by Crippen LogP contribution is -2.45. The molecule has 154 valence electrons. The minimum atomic E-state index is -3.68. The summed E-state index contributed by atoms with van der Waals surface area (Å²) in [6.07, 6.45) is 3.33. The average Bonchev–Trinajstić information content (AvgIpc) is 3.11. The number of benzene rings is 1. The lowest BCUT2D eigenvalue weighted by molar-refractivity contribution is -0.126. The first-order valence-electron chi connectivity index (χ1n) is 9.97. The Kier molecular flexibility index (Phi) is 6.34. The summed E-state index contributed by atoms with van der Waals surface area (Å²) in [4.78, 5) is 12.6. The van der Waals surface area contributed by atoms with E-state index in [1.165, 1.54) is 4.31 Å². The molecular formula is C19H29N5O3S. The van der Waals surface area contributed by atoms with Crippen molar-refractivity contribution in [1.82, 2.24) is 24.6 Å². The molecule has 1 N–H and O–H groups in total. The Balaban J connectivity index is 1.78. The van der Waals surface area contributed by atoms with Gasteiger partial charge in [0.05, 0.1) is 16.3 Å². The minimum Gasteiger partial charge on any atom is -0.356 e. The van der Waals surface area contributed by atoms with Crippen LogP contribution in [-0.4, -0.2) is 53.3 Å². The van der Waals surface area contributed by atoms with Gasteiger partial charge in [-0.3, -0.25) is 4.79 Å². The van der Waals surface area contributed by atoms with E-state index in [9.17, 15) is 13.2 Å². The molecule has 1 aliphatic heterocycles. The van der Waals surface area contributed by atoms with Crippen LogP contribution >= 0.6 is 0 Å². The number of fused-ring (bicyclic) bond motifs is 1. The van der Waals surface area contributed by atoms with Crippen LogP contribution in [-0.2, 0) is 14.8 Å². The second-order valence-corrected chi connectivity index (χ2v) is 9.56. The zero-order valence-electron chi connectivity index (χ0n) is 16.8. The van der Waals surface area contributed by atoms with Crippen LogP contribution in [0.15, 0.2) is 23.1 Å². The maximum absolute atomic E-state index is 13.1. The fraction of sp³-hybridized carbons (Fsp3) is 0.632. The van der Waals surface area contributed by atoms with Crippen LogP contribution < -0.4 is 5.32 Å². The molecule has 9 heteroatoms. The van der Waals surface area contributed by atoms with Gasteiger partial charge < -0.3 is 5.32 Å². The molecule has 1 aromatic carbocycles. The van der Waals surface area contributed by atoms with Gasteiger partial charge in [-0.1, -0.05) is 18.6 Å². The smallest absolute Gasteiger partial charge is 0.243 e. The molecular weight excluding hydrogens is 378 g/mol. The van der Waals surface area contributed by atoms with Gasteiger partial charge in [-0.15, -0.1) is 5.10 Å². The van der Waals surface area contributed by atoms with Crippen LogP contribution in [0.5, 0.6) is 0 Å². The largest absolute Gasteiger partial charge is 0.356 e. The fourth-order valence-corrected chi connectivity index (χ4v) is 5.06. The number of unbranched alkanes of at least 4 members (excludes halogenated alkanes) is 1. The van der Waals surface area contributed by atoms with E-state index in [4.69, 9.17) is 0 Å². The highest BCUT2D eigenvalue weighted by atomic mass is 32.2. The van der Waals surface area contributed by atoms with E-state index in [1.54, 1.807) is 22.9 Å². The first-order chi connectivity index (χ1) is 13.3. The number of carbonyl (C=O) groups excluding carboxylic acids is 1. The van der Waals surface area contributed by atoms with Crippen molar-refractivity contribution >= 4 is 27.0 Å². The lowest BCUT2D eigenvalue weighted by atomic mass is 9.99. The number of nitrogens with zero attached hydrogens (tertiary/aromatic N) is 4. The van der Waals surface area contributed by atoms with E-state index < -0.39 is 10.0 Å². The third kappa shape index (κ3) is 4.20. The maximum atomic E-state index is 13.1. The van der Waals surface area contributed by atoms with Gasteiger partial charge in [0.25, 0.3) is 0 Å². The van der Waals surface area contributed by atoms with Crippen LogP contribution in [0, 0.1) is 5.92 Å². The summed E-state index contributed by atoms with van der Waals surface area (Å²) in [5, 5.41) is 11.1. The maximum Gasteiger partial charge on any atom is 0.243 e. The van der Waals surface area contributed by atoms with E-state index in [1.807, 2.05) is 13.8 Å². The molecule has 3 rings (SSSR count). The van der Waals surface area contributed by atoms with Crippen molar-refractivity contribution in [2.24, 2.45) is 5.92 Å². The fourth-order valence-electron chi connectivity index (χ4n) is 3.52. The number of nitrogens with one attached hydrogen (secondary N) is 1. The van der Waals surface area contributed by atoms with Gasteiger partial charge in [-0.2, -0.15) is 4.31 Å². The minimum absolute atomic E-state index is 0.0521. The number of aromatic nitrogens is 3. The number of piperidine rings is 1. The number of carbonyl (C=O) groups is 1. The summed E-state index contributed by atoms with van der Waals surface area (Å²) in [5.41, 5.74) is 1.36. The zero-order chi connectivity index (χ0) is 20.3. The van der Waals surface area contributed by atoms with Crippen molar-refractivity contribution in [3.63, 3.8) is 0 Å². The van der Waals surface area contributed by atoms with E-state index in [-0.39, 0.29) is 29.3 Å². The number of sulfonamides is 1. The normalized spacial score (nSPS) is 18.6. The van der Waals surface area contributed by atoms with Crippen molar-refractivity contribution in [2.45, 2.75) is 57.4 Å². The summed E-state index contributed by atoms with van der Waals surface area (Å²) in [6.45, 7) is 7.35. The first-order valence-corrected chi connectivity index (χ1v) is 11.4. The molecule has 28 heavy (non-hydrogen) atoms. The van der Waals surface area contributed by atoms with Crippen molar-refractivity contribution in [1.29, 1.82) is 0 Å². The van der Waals surface area contributed by atoms with Crippen LogP contribution in [0.1, 0.15) is 52.5 Å². The SMILES string of the molecule is CCCCNC(=O)C1CCCN(S(=O)(=O)c2ccc3c(c2)nnn3C(C)C)C1. The molecule has 1 amide bonds. The Morgan fingerprint density at radius 3 is 2.86 bits per heavy atom. The molecule has 2 heterocycles. The summed E-state index contributed by atoms with van der Waals surface area (Å²) in [6, 6.07) is 5.06. The highest BCUT2D eigenvalue weighted by molar-refractivity contribution is 7.89. The van der Waals surface area contributed by atoms with Crippen LogP contribution in [0.4, 0.5) is 0 Å². The van der Waals surface area contributed by atoms with Gasteiger partial charge in [0.15, 0.2) is 0 Å². The number of hydrogen-bond acceptors (Lipinski definition) is 5. The predicted octanol–water partition coefficient (Wildman–Crippen LogP) is 2.33. The summed E-state index contributed by atoms with van der Waals surface area (Å²) in [5.74, 6) is -0.352. The second kappa shape index (κ2) is 8.57. The number of hydrogen-bond donors (Lipinski definition) is 1. The molecule has 0 spiro atoms. The average molecular weight is 408 g/mol. The van der Waals surface area contributed by atoms with Gasteiger partial charge >= 0.3 is 0 Å². The van der Waals surface area contributed by atoms with Crippen LogP contribution in [0.25, 0.3) is 11.0 Å². The number of amides is 1. The Bertz CT molecular complexity index is 938. The molecule has 0 saturated carbocycles. The molecule has 1 fully saturated rings. The predicted molar refractivity (Wildman–Crippen MR) is 107 cm³/mol. The topological polar surface area (TPSA) is 97.2 Å². The van der Waals surface area contributed by atoms with Gasteiger partial charge in [0.2, 0.25) is 15.9 Å². The third-order valence-electron chi connectivity index (χ3n) is 5.15. The first kappa shape index (κ1) is 20.7. The molecule has 1 atom stereocenters. The van der Waals surface area contributed by atoms with Gasteiger partial charge in [-0.25, -0.2) is 13.1 Å². The molecule has 0 bridgehead atoms. The Hall–Kier alpha value is -2.00. The van der Waals surface area contributed by atoms with Crippen molar-refractivity contribution in [3.05, 3.63) is 18.2 Å². The summed E-state index contributed by atoms with van der Waals surface area (Å²) >= 11 is 0.